The molecule has 182 valence electrons. The molecule has 0 bridgehead atoms. The number of nitrogens with zero attached hydrogens (tertiary/aromatic N) is 3. The van der Waals surface area contributed by atoms with E-state index in [0.717, 1.165) is 11.1 Å². The lowest BCUT2D eigenvalue weighted by molar-refractivity contribution is -0.139. The first-order chi connectivity index (χ1) is 17.0. The molecular formula is C24H24N5O5S-. The van der Waals surface area contributed by atoms with Crippen molar-refractivity contribution in [2.75, 3.05) is 5.32 Å². The van der Waals surface area contributed by atoms with Gasteiger partial charge in [-0.15, -0.1) is 0 Å². The number of aldehydes is 1. The van der Waals surface area contributed by atoms with Crippen LogP contribution in [-0.2, 0) is 32.9 Å². The van der Waals surface area contributed by atoms with Crippen molar-refractivity contribution in [2.45, 2.75) is 38.0 Å². The summed E-state index contributed by atoms with van der Waals surface area (Å²) in [7, 11) is 0. The first-order valence-electron chi connectivity index (χ1n) is 11.0. The summed E-state index contributed by atoms with van der Waals surface area (Å²) in [6, 6.07) is 14.3. The van der Waals surface area contributed by atoms with E-state index in [4.69, 9.17) is 9.84 Å². The van der Waals surface area contributed by atoms with E-state index < -0.39 is 17.3 Å². The quantitative estimate of drug-likeness (QED) is 0.344. The number of carbonyl (C=O) groups excluding carboxylic acids is 2. The van der Waals surface area contributed by atoms with Gasteiger partial charge in [-0.25, -0.2) is 4.98 Å². The van der Waals surface area contributed by atoms with E-state index in [0.29, 0.717) is 41.9 Å². The number of carbonyl (C=O) groups is 2. The molecule has 0 radical (unpaired) electrons. The van der Waals surface area contributed by atoms with E-state index in [9.17, 15) is 18.4 Å². The third-order valence-electron chi connectivity index (χ3n) is 5.46. The number of hydrazone groups is 1. The number of nitrogens with one attached hydrogen (secondary N) is 2. The van der Waals surface area contributed by atoms with E-state index in [-0.39, 0.29) is 17.8 Å². The van der Waals surface area contributed by atoms with Gasteiger partial charge < -0.3 is 19.6 Å². The minimum absolute atomic E-state index is 0.0574. The molecule has 35 heavy (non-hydrogen) atoms. The minimum Gasteiger partial charge on any atom is -0.772 e. The molecule has 1 aromatic heterocycles. The monoisotopic (exact) mass is 494 g/mol. The van der Waals surface area contributed by atoms with Crippen LogP contribution >= 0.6 is 0 Å². The SMILES string of the molecule is CCC1OC(C=O)N(Cc2ccc(NC(=O)c3cnc[nH]3)cc2)N=C1c1ccc(CS(=O)[O-])cc1. The molecule has 0 spiro atoms. The number of aromatic amines is 1. The highest BCUT2D eigenvalue weighted by molar-refractivity contribution is 7.78. The third kappa shape index (κ3) is 6.07. The number of H-pyrrole nitrogens is 1. The van der Waals surface area contributed by atoms with Crippen molar-refractivity contribution in [2.24, 2.45) is 5.10 Å². The molecule has 3 unspecified atom stereocenters. The van der Waals surface area contributed by atoms with Crippen molar-refractivity contribution in [1.82, 2.24) is 15.0 Å². The molecular weight excluding hydrogens is 470 g/mol. The van der Waals surface area contributed by atoms with Gasteiger partial charge in [-0.1, -0.05) is 54.4 Å². The van der Waals surface area contributed by atoms with Crippen LogP contribution in [0, 0.1) is 0 Å². The van der Waals surface area contributed by atoms with Crippen molar-refractivity contribution in [3.05, 3.63) is 83.4 Å². The van der Waals surface area contributed by atoms with Gasteiger partial charge in [0.25, 0.3) is 5.91 Å². The summed E-state index contributed by atoms with van der Waals surface area (Å²) in [4.78, 5) is 30.5. The summed E-state index contributed by atoms with van der Waals surface area (Å²) in [5, 5.41) is 9.10. The number of aromatic nitrogens is 2. The Kier molecular flexibility index (Phi) is 7.80. The topological polar surface area (TPSA) is 140 Å². The Morgan fingerprint density at radius 1 is 1.20 bits per heavy atom. The number of imidazole rings is 1. The van der Waals surface area contributed by atoms with Gasteiger partial charge in [0, 0.05) is 17.0 Å². The van der Waals surface area contributed by atoms with Crippen LogP contribution in [0.4, 0.5) is 5.69 Å². The molecule has 3 aromatic rings. The van der Waals surface area contributed by atoms with Gasteiger partial charge in [0.1, 0.15) is 11.8 Å². The normalized spacial score (nSPS) is 18.6. The van der Waals surface area contributed by atoms with Crippen LogP contribution in [0.2, 0.25) is 0 Å². The average molecular weight is 495 g/mol. The lowest BCUT2D eigenvalue weighted by Crippen LogP contribution is -2.45. The Hall–Kier alpha value is -3.67. The van der Waals surface area contributed by atoms with E-state index in [1.165, 1.54) is 12.5 Å². The second-order valence-corrected chi connectivity index (χ2v) is 8.80. The number of hydrogen-bond acceptors (Lipinski definition) is 8. The van der Waals surface area contributed by atoms with Crippen LogP contribution in [0.1, 0.15) is 40.5 Å². The molecule has 1 aliphatic heterocycles. The smallest absolute Gasteiger partial charge is 0.273 e. The molecule has 1 aliphatic rings. The maximum atomic E-state index is 12.2. The highest BCUT2D eigenvalue weighted by Crippen LogP contribution is 2.23. The van der Waals surface area contributed by atoms with E-state index in [1.54, 1.807) is 29.3 Å². The Labute approximate surface area is 204 Å². The molecule has 2 heterocycles. The van der Waals surface area contributed by atoms with E-state index in [2.05, 4.69) is 15.3 Å². The summed E-state index contributed by atoms with van der Waals surface area (Å²) in [5.74, 6) is -0.355. The summed E-state index contributed by atoms with van der Waals surface area (Å²) in [5.41, 5.74) is 3.98. The molecule has 10 nitrogen and oxygen atoms in total. The van der Waals surface area contributed by atoms with Gasteiger partial charge in [0.05, 0.1) is 24.8 Å². The third-order valence-corrected chi connectivity index (χ3v) is 6.03. The van der Waals surface area contributed by atoms with Crippen molar-refractivity contribution >= 4 is 34.7 Å². The van der Waals surface area contributed by atoms with E-state index in [1.807, 2.05) is 31.2 Å². The number of hydrogen-bond donors (Lipinski definition) is 2. The molecule has 1 amide bonds. The fourth-order valence-electron chi connectivity index (χ4n) is 3.69. The van der Waals surface area contributed by atoms with Crippen LogP contribution in [0.5, 0.6) is 0 Å². The fraction of sp³-hybridized carbons (Fsp3) is 0.250. The number of rotatable bonds is 9. The summed E-state index contributed by atoms with van der Waals surface area (Å²) in [6.45, 7) is 2.26. The largest absolute Gasteiger partial charge is 0.772 e. The minimum atomic E-state index is -2.16. The van der Waals surface area contributed by atoms with Crippen molar-refractivity contribution in [3.8, 4) is 0 Å². The molecule has 11 heteroatoms. The number of benzene rings is 2. The number of anilines is 1. The zero-order chi connectivity index (χ0) is 24.8. The first-order valence-corrected chi connectivity index (χ1v) is 12.2. The Morgan fingerprint density at radius 2 is 1.91 bits per heavy atom. The van der Waals surface area contributed by atoms with Crippen LogP contribution in [0.3, 0.4) is 0 Å². The predicted octanol–water partition coefficient (Wildman–Crippen LogP) is 2.58. The lowest BCUT2D eigenvalue weighted by atomic mass is 10.0. The molecule has 2 N–H and O–H groups in total. The van der Waals surface area contributed by atoms with Gasteiger partial charge in [-0.2, -0.15) is 5.10 Å². The Morgan fingerprint density at radius 3 is 2.51 bits per heavy atom. The van der Waals surface area contributed by atoms with Gasteiger partial charge in [0.15, 0.2) is 6.29 Å². The van der Waals surface area contributed by atoms with Crippen molar-refractivity contribution < 1.29 is 23.1 Å². The van der Waals surface area contributed by atoms with Gasteiger partial charge >= 0.3 is 0 Å². The van der Waals surface area contributed by atoms with Crippen molar-refractivity contribution in [1.29, 1.82) is 0 Å². The number of ether oxygens (including phenoxy) is 1. The second-order valence-electron chi connectivity index (χ2n) is 7.90. The second kappa shape index (κ2) is 11.2. The van der Waals surface area contributed by atoms with Crippen LogP contribution in [-0.4, -0.2) is 54.0 Å². The van der Waals surface area contributed by atoms with E-state index >= 15 is 0 Å². The van der Waals surface area contributed by atoms with Crippen molar-refractivity contribution in [3.63, 3.8) is 0 Å². The first kappa shape index (κ1) is 24.5. The summed E-state index contributed by atoms with van der Waals surface area (Å²) in [6.07, 6.45) is 3.00. The predicted molar refractivity (Wildman–Crippen MR) is 129 cm³/mol. The van der Waals surface area contributed by atoms with Gasteiger partial charge in [-0.3, -0.25) is 18.8 Å². The Bertz CT molecular complexity index is 1210. The lowest BCUT2D eigenvalue weighted by Gasteiger charge is -2.35. The molecule has 2 aromatic carbocycles. The highest BCUT2D eigenvalue weighted by Gasteiger charge is 2.31. The summed E-state index contributed by atoms with van der Waals surface area (Å²) >= 11 is -2.16. The zero-order valence-electron chi connectivity index (χ0n) is 18.9. The molecule has 0 saturated carbocycles. The highest BCUT2D eigenvalue weighted by atomic mass is 32.2. The van der Waals surface area contributed by atoms with Crippen LogP contribution in [0.25, 0.3) is 0 Å². The fourth-order valence-corrected chi connectivity index (χ4v) is 4.15. The molecule has 4 rings (SSSR count). The Balaban J connectivity index is 1.51. The summed E-state index contributed by atoms with van der Waals surface area (Å²) < 4.78 is 27.9. The molecule has 0 aliphatic carbocycles. The van der Waals surface area contributed by atoms with Gasteiger partial charge in [-0.05, 0) is 29.7 Å². The zero-order valence-corrected chi connectivity index (χ0v) is 19.7. The standard InChI is InChI=1S/C24H25N5O5S/c1-2-21-23(18-7-3-17(4-8-18)14-35(32)33)28-29(22(13-30)34-21)12-16-5-9-19(10-6-16)27-24(31)20-11-25-15-26-20/h3-11,13,15,21-22H,2,12,14H2,1H3,(H,25,26)(H,27,31)(H,32,33)/p-1. The average Bonchev–Trinajstić information content (AvgIpc) is 3.40. The molecule has 3 atom stereocenters. The molecule has 0 saturated heterocycles. The van der Waals surface area contributed by atoms with Crippen LogP contribution in [0.15, 0.2) is 66.2 Å². The molecule has 0 fully saturated rings. The van der Waals surface area contributed by atoms with Gasteiger partial charge in [0.2, 0.25) is 6.23 Å². The maximum Gasteiger partial charge on any atom is 0.273 e. The maximum absolute atomic E-state index is 12.2. The van der Waals surface area contributed by atoms with Crippen LogP contribution < -0.4 is 5.32 Å². The number of amides is 1.